The van der Waals surface area contributed by atoms with E-state index in [2.05, 4.69) is 0 Å². The van der Waals surface area contributed by atoms with Crippen molar-refractivity contribution < 1.29 is 13.2 Å². The summed E-state index contributed by atoms with van der Waals surface area (Å²) < 4.78 is 28.8. The third kappa shape index (κ3) is 3.25. The largest absolute Gasteiger partial charge is 0.378 e. The number of nitrogens with zero attached hydrogens (tertiary/aromatic N) is 1. The molecule has 13 heavy (non-hydrogen) atoms. The lowest BCUT2D eigenvalue weighted by Crippen LogP contribution is -2.51. The van der Waals surface area contributed by atoms with Gasteiger partial charge in [0.05, 0.1) is 19.0 Å². The quantitative estimate of drug-likeness (QED) is 0.666. The van der Waals surface area contributed by atoms with Gasteiger partial charge in [0.15, 0.2) is 0 Å². The average Bonchev–Trinajstić information content (AvgIpc) is 1.79. The Morgan fingerprint density at radius 1 is 1.46 bits per heavy atom. The minimum atomic E-state index is -2.96. The zero-order chi connectivity index (χ0) is 10.1. The van der Waals surface area contributed by atoms with Gasteiger partial charge >= 0.3 is 0 Å². The van der Waals surface area contributed by atoms with Gasteiger partial charge < -0.3 is 4.74 Å². The smallest absolute Gasteiger partial charge is 0.211 e. The SMILES string of the molecule is CC(C)OCC1CN(S(C)(=O)=O)C1. The lowest BCUT2D eigenvalue weighted by atomic mass is 10.1. The molecule has 5 heteroatoms. The summed E-state index contributed by atoms with van der Waals surface area (Å²) in [5, 5.41) is 0. The molecule has 1 aliphatic heterocycles. The molecule has 78 valence electrons. The highest BCUT2D eigenvalue weighted by atomic mass is 32.2. The van der Waals surface area contributed by atoms with Crippen LogP contribution in [0.1, 0.15) is 13.8 Å². The van der Waals surface area contributed by atoms with Crippen LogP contribution in [0.25, 0.3) is 0 Å². The molecule has 0 amide bonds. The molecule has 0 aliphatic carbocycles. The molecular formula is C8H17NO3S. The Labute approximate surface area is 79.9 Å². The zero-order valence-electron chi connectivity index (χ0n) is 8.36. The first-order valence-electron chi connectivity index (χ1n) is 4.46. The zero-order valence-corrected chi connectivity index (χ0v) is 9.17. The molecule has 0 aromatic heterocycles. The maximum absolute atomic E-state index is 11.0. The van der Waals surface area contributed by atoms with E-state index in [1.54, 1.807) is 0 Å². The van der Waals surface area contributed by atoms with Crippen LogP contribution in [-0.4, -0.2) is 44.8 Å². The molecule has 0 radical (unpaired) electrons. The van der Waals surface area contributed by atoms with Crippen LogP contribution in [0.3, 0.4) is 0 Å². The van der Waals surface area contributed by atoms with Gasteiger partial charge in [-0.25, -0.2) is 12.7 Å². The first-order chi connectivity index (χ1) is 5.89. The minimum Gasteiger partial charge on any atom is -0.378 e. The molecule has 1 saturated heterocycles. The van der Waals surface area contributed by atoms with Gasteiger partial charge in [0.2, 0.25) is 10.0 Å². The van der Waals surface area contributed by atoms with Crippen LogP contribution in [0.5, 0.6) is 0 Å². The molecule has 1 heterocycles. The molecule has 0 aromatic rings. The number of ether oxygens (including phenoxy) is 1. The second-order valence-electron chi connectivity index (χ2n) is 3.83. The Hall–Kier alpha value is -0.130. The van der Waals surface area contributed by atoms with E-state index in [1.807, 2.05) is 13.8 Å². The Balaban J connectivity index is 2.19. The number of sulfonamides is 1. The highest BCUT2D eigenvalue weighted by Gasteiger charge is 2.33. The average molecular weight is 207 g/mol. The van der Waals surface area contributed by atoms with Crippen molar-refractivity contribution in [2.45, 2.75) is 20.0 Å². The Bertz CT molecular complexity index is 255. The highest BCUT2D eigenvalue weighted by Crippen LogP contribution is 2.19. The van der Waals surface area contributed by atoms with Crippen LogP contribution < -0.4 is 0 Å². The number of hydrogen-bond donors (Lipinski definition) is 0. The lowest BCUT2D eigenvalue weighted by Gasteiger charge is -2.37. The van der Waals surface area contributed by atoms with Gasteiger partial charge in [-0.1, -0.05) is 0 Å². The molecule has 1 fully saturated rings. The normalized spacial score (nSPS) is 20.6. The highest BCUT2D eigenvalue weighted by molar-refractivity contribution is 7.88. The number of rotatable bonds is 4. The van der Waals surface area contributed by atoms with Crippen LogP contribution in [0.2, 0.25) is 0 Å². The predicted molar refractivity (Wildman–Crippen MR) is 51.0 cm³/mol. The summed E-state index contributed by atoms with van der Waals surface area (Å²) in [6.07, 6.45) is 1.47. The summed E-state index contributed by atoms with van der Waals surface area (Å²) in [7, 11) is -2.96. The van der Waals surface area contributed by atoms with Crippen LogP contribution in [0, 0.1) is 5.92 Å². The summed E-state index contributed by atoms with van der Waals surface area (Å²) >= 11 is 0. The van der Waals surface area contributed by atoms with Gasteiger partial charge in [-0.15, -0.1) is 0 Å². The van der Waals surface area contributed by atoms with E-state index in [-0.39, 0.29) is 6.10 Å². The van der Waals surface area contributed by atoms with E-state index >= 15 is 0 Å². The van der Waals surface area contributed by atoms with Crippen LogP contribution in [0.4, 0.5) is 0 Å². The molecule has 1 rings (SSSR count). The minimum absolute atomic E-state index is 0.229. The fraction of sp³-hybridized carbons (Fsp3) is 1.00. The summed E-state index contributed by atoms with van der Waals surface area (Å²) in [6.45, 7) is 5.86. The standard InChI is InChI=1S/C8H17NO3S/c1-7(2)12-6-8-4-9(5-8)13(3,10)11/h7-8H,4-6H2,1-3H3. The van der Waals surface area contributed by atoms with E-state index in [0.717, 1.165) is 0 Å². The van der Waals surface area contributed by atoms with Crippen LogP contribution >= 0.6 is 0 Å². The monoisotopic (exact) mass is 207 g/mol. The molecule has 0 bridgehead atoms. The molecule has 1 aliphatic rings. The van der Waals surface area contributed by atoms with Crippen molar-refractivity contribution in [2.75, 3.05) is 26.0 Å². The Morgan fingerprint density at radius 3 is 2.38 bits per heavy atom. The second-order valence-corrected chi connectivity index (χ2v) is 5.81. The second kappa shape index (κ2) is 3.94. The van der Waals surface area contributed by atoms with E-state index in [4.69, 9.17) is 4.74 Å². The van der Waals surface area contributed by atoms with Gasteiger partial charge in [-0.2, -0.15) is 0 Å². The molecule has 0 aromatic carbocycles. The lowest BCUT2D eigenvalue weighted by molar-refractivity contribution is 0.0168. The molecule has 0 unspecified atom stereocenters. The van der Waals surface area contributed by atoms with Crippen molar-refractivity contribution in [1.29, 1.82) is 0 Å². The fourth-order valence-electron chi connectivity index (χ4n) is 1.23. The van der Waals surface area contributed by atoms with Gasteiger partial charge in [0.25, 0.3) is 0 Å². The van der Waals surface area contributed by atoms with E-state index < -0.39 is 10.0 Å². The van der Waals surface area contributed by atoms with Crippen molar-refractivity contribution in [3.05, 3.63) is 0 Å². The molecular weight excluding hydrogens is 190 g/mol. The van der Waals surface area contributed by atoms with Crippen molar-refractivity contribution >= 4 is 10.0 Å². The van der Waals surface area contributed by atoms with E-state index in [0.29, 0.717) is 25.6 Å². The topological polar surface area (TPSA) is 46.6 Å². The van der Waals surface area contributed by atoms with Gasteiger partial charge in [0, 0.05) is 19.0 Å². The third-order valence-electron chi connectivity index (χ3n) is 2.06. The van der Waals surface area contributed by atoms with Gasteiger partial charge in [0.1, 0.15) is 0 Å². The maximum atomic E-state index is 11.0. The van der Waals surface area contributed by atoms with Crippen molar-refractivity contribution in [3.8, 4) is 0 Å². The fourth-order valence-corrected chi connectivity index (χ4v) is 2.19. The van der Waals surface area contributed by atoms with Crippen LogP contribution in [-0.2, 0) is 14.8 Å². The van der Waals surface area contributed by atoms with Crippen LogP contribution in [0.15, 0.2) is 0 Å². The summed E-state index contributed by atoms with van der Waals surface area (Å²) in [6, 6.07) is 0. The molecule has 4 nitrogen and oxygen atoms in total. The summed E-state index contributed by atoms with van der Waals surface area (Å²) in [5.41, 5.74) is 0. The molecule has 0 spiro atoms. The van der Waals surface area contributed by atoms with E-state index in [1.165, 1.54) is 10.6 Å². The van der Waals surface area contributed by atoms with Gasteiger partial charge in [-0.05, 0) is 13.8 Å². The summed E-state index contributed by atoms with van der Waals surface area (Å²) in [4.78, 5) is 0. The Morgan fingerprint density at radius 2 is 2.00 bits per heavy atom. The summed E-state index contributed by atoms with van der Waals surface area (Å²) in [5.74, 6) is 0.386. The Kier molecular flexibility index (Phi) is 3.32. The predicted octanol–water partition coefficient (Wildman–Crippen LogP) is 0.303. The van der Waals surface area contributed by atoms with Crippen molar-refractivity contribution in [1.82, 2.24) is 4.31 Å². The molecule has 0 N–H and O–H groups in total. The third-order valence-corrected chi connectivity index (χ3v) is 3.29. The van der Waals surface area contributed by atoms with Crippen molar-refractivity contribution in [2.24, 2.45) is 5.92 Å². The number of hydrogen-bond acceptors (Lipinski definition) is 3. The first-order valence-corrected chi connectivity index (χ1v) is 6.31. The van der Waals surface area contributed by atoms with Crippen molar-refractivity contribution in [3.63, 3.8) is 0 Å². The first kappa shape index (κ1) is 10.9. The van der Waals surface area contributed by atoms with E-state index in [9.17, 15) is 8.42 Å². The maximum Gasteiger partial charge on any atom is 0.211 e. The molecule has 0 atom stereocenters. The van der Waals surface area contributed by atoms with Gasteiger partial charge in [-0.3, -0.25) is 0 Å². The molecule has 0 saturated carbocycles.